The lowest BCUT2D eigenvalue weighted by atomic mass is 9.82. The summed E-state index contributed by atoms with van der Waals surface area (Å²) in [6.07, 6.45) is 5.71. The van der Waals surface area contributed by atoms with Crippen molar-refractivity contribution in [2.75, 3.05) is 43.0 Å². The van der Waals surface area contributed by atoms with E-state index in [0.29, 0.717) is 53.8 Å². The van der Waals surface area contributed by atoms with Crippen molar-refractivity contribution in [2.45, 2.75) is 121 Å². The number of amides is 3. The minimum absolute atomic E-state index is 0.0911. The number of aromatic nitrogens is 3. The number of imide groups is 1. The second-order valence-corrected chi connectivity index (χ2v) is 18.4. The summed E-state index contributed by atoms with van der Waals surface area (Å²) in [6, 6.07) is 12.3. The quantitative estimate of drug-likeness (QED) is 0.146. The number of pyridine rings is 1. The van der Waals surface area contributed by atoms with Gasteiger partial charge in [-0.25, -0.2) is 9.37 Å². The number of ketones is 1. The number of ether oxygens (including phenoxy) is 2. The van der Waals surface area contributed by atoms with Crippen molar-refractivity contribution in [3.05, 3.63) is 80.7 Å². The molecule has 15 nitrogen and oxygen atoms in total. The molecule has 4 aliphatic heterocycles. The van der Waals surface area contributed by atoms with Crippen LogP contribution < -0.4 is 25.8 Å². The second-order valence-electron chi connectivity index (χ2n) is 18.0. The fraction of sp³-hybridized carbons (Fsp3) is 0.511. The highest BCUT2D eigenvalue weighted by atomic mass is 35.5. The summed E-state index contributed by atoms with van der Waals surface area (Å²) in [6.45, 7) is 8.31. The summed E-state index contributed by atoms with van der Waals surface area (Å²) < 4.78 is 29.8. The van der Waals surface area contributed by atoms with Crippen molar-refractivity contribution in [1.82, 2.24) is 29.7 Å². The molecule has 2 N–H and O–H groups in total. The predicted molar refractivity (Wildman–Crippen MR) is 239 cm³/mol. The molecule has 2 aromatic heterocycles. The third-order valence-electron chi connectivity index (χ3n) is 13.5. The smallest absolute Gasteiger partial charge is 0.293 e. The van der Waals surface area contributed by atoms with E-state index in [0.717, 1.165) is 67.3 Å². The number of benzene rings is 2. The first-order valence-electron chi connectivity index (χ1n) is 22.5. The maximum absolute atomic E-state index is 15.9. The van der Waals surface area contributed by atoms with Crippen LogP contribution in [-0.4, -0.2) is 111 Å². The lowest BCUT2D eigenvalue weighted by Gasteiger charge is -2.47. The van der Waals surface area contributed by atoms with Gasteiger partial charge in [0.25, 0.3) is 11.5 Å². The molecule has 4 fully saturated rings. The van der Waals surface area contributed by atoms with Crippen molar-refractivity contribution in [2.24, 2.45) is 0 Å². The van der Waals surface area contributed by atoms with E-state index in [9.17, 15) is 24.0 Å². The van der Waals surface area contributed by atoms with Gasteiger partial charge < -0.3 is 29.2 Å². The zero-order valence-electron chi connectivity index (χ0n) is 36.4. The molecule has 3 saturated heterocycles. The van der Waals surface area contributed by atoms with Crippen LogP contribution in [0.5, 0.6) is 5.75 Å². The Bertz CT molecular complexity index is 2540. The predicted octanol–water partition coefficient (Wildman–Crippen LogP) is 6.23. The number of carbonyl (C=O) groups excluding carboxylic acids is 4. The van der Waals surface area contributed by atoms with Crippen LogP contribution in [0.1, 0.15) is 106 Å². The minimum atomic E-state index is -1.04. The number of likely N-dealkylation sites (tertiary alicyclic amines) is 1. The van der Waals surface area contributed by atoms with Gasteiger partial charge in [0.05, 0.1) is 23.9 Å². The number of nitrogens with zero attached hydrogens (tertiary/aromatic N) is 6. The molecule has 9 rings (SSSR count). The maximum atomic E-state index is 15.9. The number of hydrogen-bond acceptors (Lipinski definition) is 12. The van der Waals surface area contributed by atoms with Gasteiger partial charge in [-0.05, 0) is 100 Å². The molecule has 1 saturated carbocycles. The van der Waals surface area contributed by atoms with Crippen molar-refractivity contribution >= 4 is 63.5 Å². The van der Waals surface area contributed by atoms with Crippen LogP contribution in [0, 0.1) is 0 Å². The topological polar surface area (TPSA) is 168 Å². The van der Waals surface area contributed by atoms with E-state index in [1.165, 1.54) is 4.90 Å². The highest BCUT2D eigenvalue weighted by molar-refractivity contribution is 6.33. The molecule has 3 amide bonds. The Labute approximate surface area is 375 Å². The molecule has 0 bridgehead atoms. The molecule has 6 heterocycles. The largest absolute Gasteiger partial charge is 0.480 e. The number of carbonyl (C=O) groups is 4. The summed E-state index contributed by atoms with van der Waals surface area (Å²) in [4.78, 5) is 77.8. The fourth-order valence-corrected chi connectivity index (χ4v) is 10.0. The summed E-state index contributed by atoms with van der Waals surface area (Å²) >= 11 is 6.59. The Balaban J connectivity index is 0.749. The molecule has 64 heavy (non-hydrogen) atoms. The molecule has 17 heteroatoms. The normalized spacial score (nSPS) is 24.2. The van der Waals surface area contributed by atoms with Gasteiger partial charge in [-0.2, -0.15) is 4.98 Å². The Morgan fingerprint density at radius 2 is 1.80 bits per heavy atom. The first kappa shape index (κ1) is 43.8. The first-order valence-corrected chi connectivity index (χ1v) is 22.9. The van der Waals surface area contributed by atoms with Gasteiger partial charge in [-0.1, -0.05) is 30.7 Å². The Kier molecular flexibility index (Phi) is 12.5. The molecular formula is C47H54ClFN8O7. The SMILES string of the molecule is CCC(=O)COc1cc2cc(Nc3nc(N4CCC(OC5CC(N6CC[C@@H](c7ccc8c(c7)CN(C7CCC(=O)NC7=O)C8=O)[C@@H](F)C6)C5)CC4)ncc3Cl)ccc2n(C(C)C)c1=O. The molecule has 3 atom stereocenters. The van der Waals surface area contributed by atoms with E-state index in [1.54, 1.807) is 29.8 Å². The summed E-state index contributed by atoms with van der Waals surface area (Å²) in [5.74, 6) is -0.204. The second kappa shape index (κ2) is 18.2. The van der Waals surface area contributed by atoms with Crippen LogP contribution in [-0.2, 0) is 25.7 Å². The zero-order valence-corrected chi connectivity index (χ0v) is 37.1. The van der Waals surface area contributed by atoms with Gasteiger partial charge in [0.1, 0.15) is 23.8 Å². The van der Waals surface area contributed by atoms with Gasteiger partial charge in [-0.3, -0.25) is 34.2 Å². The lowest BCUT2D eigenvalue weighted by molar-refractivity contribution is -0.137. The summed E-state index contributed by atoms with van der Waals surface area (Å²) in [5, 5.41) is 6.79. The van der Waals surface area contributed by atoms with Crippen molar-refractivity contribution < 1.29 is 33.0 Å². The highest BCUT2D eigenvalue weighted by Crippen LogP contribution is 2.39. The van der Waals surface area contributed by atoms with E-state index in [2.05, 4.69) is 25.4 Å². The average Bonchev–Trinajstić information content (AvgIpc) is 3.59. The number of nitrogens with one attached hydrogen (secondary N) is 2. The van der Waals surface area contributed by atoms with E-state index < -0.39 is 18.1 Å². The fourth-order valence-electron chi connectivity index (χ4n) is 9.88. The van der Waals surface area contributed by atoms with Crippen LogP contribution in [0.15, 0.2) is 53.5 Å². The Hall–Kier alpha value is -5.45. The van der Waals surface area contributed by atoms with Crippen LogP contribution >= 0.6 is 11.6 Å². The molecule has 0 spiro atoms. The van der Waals surface area contributed by atoms with Crippen molar-refractivity contribution in [1.29, 1.82) is 0 Å². The summed E-state index contributed by atoms with van der Waals surface area (Å²) in [7, 11) is 0. The zero-order chi connectivity index (χ0) is 44.8. The van der Waals surface area contributed by atoms with Crippen LogP contribution in [0.25, 0.3) is 10.9 Å². The molecular weight excluding hydrogens is 843 g/mol. The van der Waals surface area contributed by atoms with Gasteiger partial charge in [0.2, 0.25) is 17.8 Å². The molecule has 1 unspecified atom stereocenters. The molecule has 4 aromatic rings. The van der Waals surface area contributed by atoms with E-state index in [1.807, 2.05) is 44.2 Å². The maximum Gasteiger partial charge on any atom is 0.293 e. The van der Waals surface area contributed by atoms with Gasteiger partial charge in [-0.15, -0.1) is 0 Å². The number of halogens is 2. The number of fused-ring (bicyclic) bond motifs is 2. The van der Waals surface area contributed by atoms with E-state index >= 15 is 4.39 Å². The average molecular weight is 897 g/mol. The van der Waals surface area contributed by atoms with E-state index in [-0.39, 0.29) is 78.7 Å². The number of alkyl halides is 1. The number of anilines is 3. The third-order valence-corrected chi connectivity index (χ3v) is 13.8. The van der Waals surface area contributed by atoms with Crippen molar-refractivity contribution in [3.8, 4) is 5.75 Å². The molecule has 1 aliphatic carbocycles. The Morgan fingerprint density at radius 3 is 2.53 bits per heavy atom. The van der Waals surface area contributed by atoms with E-state index in [4.69, 9.17) is 26.1 Å². The highest BCUT2D eigenvalue weighted by Gasteiger charge is 2.42. The Morgan fingerprint density at radius 1 is 1.00 bits per heavy atom. The standard InChI is InChI=1S/C47H54ClFN8O7/c1-4-32(58)25-63-41-19-28-18-30(6-8-39(28)57(26(2)3)46(41)62)51-43-37(48)22-50-47(53-43)54-14-11-33(12-15-54)64-34-20-31(21-34)55-16-13-35(38(49)24-55)27-5-7-36-29(17-27)23-56(45(36)61)40-9-10-42(59)52-44(40)60/h5-8,17-19,22,26,31,33-35,38,40H,4,9-16,20-21,23-25H2,1-3H3,(H,50,51,53)(H,52,59,60)/t31?,34?,35-,38-,40?/m0/s1. The lowest BCUT2D eigenvalue weighted by Crippen LogP contribution is -2.54. The van der Waals surface area contributed by atoms with Crippen LogP contribution in [0.4, 0.5) is 21.8 Å². The first-order chi connectivity index (χ1) is 30.8. The minimum Gasteiger partial charge on any atom is -0.480 e. The van der Waals surface area contributed by atoms with Gasteiger partial charge >= 0.3 is 0 Å². The molecule has 338 valence electrons. The summed E-state index contributed by atoms with van der Waals surface area (Å²) in [5.41, 5.74) is 3.39. The molecule has 0 radical (unpaired) electrons. The van der Waals surface area contributed by atoms with Crippen LogP contribution in [0.2, 0.25) is 5.02 Å². The molecule has 2 aromatic carbocycles. The number of Topliss-reactive ketones (excluding diaryl/α,β-unsaturated/α-hetero) is 1. The van der Waals surface area contributed by atoms with Gasteiger partial charge in [0, 0.05) is 73.7 Å². The van der Waals surface area contributed by atoms with Crippen LogP contribution in [0.3, 0.4) is 0 Å². The number of piperidine rings is 3. The third kappa shape index (κ3) is 8.83. The molecule has 5 aliphatic rings. The monoisotopic (exact) mass is 896 g/mol. The number of hydrogen-bond donors (Lipinski definition) is 2. The van der Waals surface area contributed by atoms with Crippen molar-refractivity contribution in [3.63, 3.8) is 0 Å². The number of rotatable bonds is 13. The van der Waals surface area contributed by atoms with Gasteiger partial charge in [0.15, 0.2) is 17.4 Å².